The predicted octanol–water partition coefficient (Wildman–Crippen LogP) is 0.606. The van der Waals surface area contributed by atoms with Crippen LogP contribution in [0.1, 0.15) is 19.8 Å². The van der Waals surface area contributed by atoms with Crippen molar-refractivity contribution >= 4 is 0 Å². The first-order valence-electron chi connectivity index (χ1n) is 5.14. The van der Waals surface area contributed by atoms with E-state index in [9.17, 15) is 5.11 Å². The Labute approximate surface area is 78.7 Å². The minimum atomic E-state index is -0.592. The van der Waals surface area contributed by atoms with Crippen LogP contribution in [0.15, 0.2) is 0 Å². The van der Waals surface area contributed by atoms with Crippen LogP contribution in [-0.2, 0) is 4.74 Å². The second kappa shape index (κ2) is 3.56. The molecule has 13 heavy (non-hydrogen) atoms. The summed E-state index contributed by atoms with van der Waals surface area (Å²) in [6.07, 6.45) is 1.70. The van der Waals surface area contributed by atoms with Gasteiger partial charge in [0.1, 0.15) is 0 Å². The molecule has 0 amide bonds. The number of aliphatic hydroxyl groups excluding tert-OH is 2. The van der Waals surface area contributed by atoms with E-state index in [4.69, 9.17) is 9.84 Å². The van der Waals surface area contributed by atoms with Crippen molar-refractivity contribution < 1.29 is 14.9 Å². The van der Waals surface area contributed by atoms with Crippen molar-refractivity contribution in [2.24, 2.45) is 23.7 Å². The lowest BCUT2D eigenvalue weighted by Crippen LogP contribution is -2.42. The molecule has 1 saturated heterocycles. The zero-order valence-electron chi connectivity index (χ0n) is 8.02. The Morgan fingerprint density at radius 2 is 2.15 bits per heavy atom. The van der Waals surface area contributed by atoms with Gasteiger partial charge in [-0.2, -0.15) is 0 Å². The molecule has 0 aromatic rings. The molecule has 0 bridgehead atoms. The highest BCUT2D eigenvalue weighted by Crippen LogP contribution is 2.45. The predicted molar refractivity (Wildman–Crippen MR) is 47.9 cm³/mol. The molecule has 0 aromatic heterocycles. The number of rotatable bonds is 1. The molecule has 2 rings (SSSR count). The van der Waals surface area contributed by atoms with Crippen LogP contribution in [0.4, 0.5) is 0 Å². The van der Waals surface area contributed by atoms with Crippen molar-refractivity contribution in [2.75, 3.05) is 13.2 Å². The zero-order valence-corrected chi connectivity index (χ0v) is 8.02. The standard InChI is InChI=1S/C10H18O3/c1-6-2-3-8-7(4-11)5-13-10(12)9(6)8/h6-12H,2-5H2,1H3. The summed E-state index contributed by atoms with van der Waals surface area (Å²) in [5, 5.41) is 18.8. The minimum absolute atomic E-state index is 0.195. The van der Waals surface area contributed by atoms with Gasteiger partial charge in [-0.15, -0.1) is 0 Å². The van der Waals surface area contributed by atoms with E-state index in [0.717, 1.165) is 12.8 Å². The molecule has 1 saturated carbocycles. The van der Waals surface area contributed by atoms with Crippen molar-refractivity contribution in [2.45, 2.75) is 26.1 Å². The SMILES string of the molecule is CC1CCC2C(CO)COC(O)C12. The maximum absolute atomic E-state index is 9.66. The first kappa shape index (κ1) is 9.44. The van der Waals surface area contributed by atoms with Crippen LogP contribution in [0.3, 0.4) is 0 Å². The van der Waals surface area contributed by atoms with Crippen LogP contribution < -0.4 is 0 Å². The van der Waals surface area contributed by atoms with Crippen LogP contribution in [0.5, 0.6) is 0 Å². The van der Waals surface area contributed by atoms with Crippen LogP contribution in [0.25, 0.3) is 0 Å². The summed E-state index contributed by atoms with van der Waals surface area (Å²) >= 11 is 0. The largest absolute Gasteiger partial charge is 0.396 e. The Bertz CT molecular complexity index is 183. The highest BCUT2D eigenvalue weighted by atomic mass is 16.6. The molecule has 1 aliphatic heterocycles. The minimum Gasteiger partial charge on any atom is -0.396 e. The Morgan fingerprint density at radius 3 is 2.85 bits per heavy atom. The first-order valence-corrected chi connectivity index (χ1v) is 5.14. The maximum Gasteiger partial charge on any atom is 0.157 e. The van der Waals surface area contributed by atoms with Crippen molar-refractivity contribution in [3.63, 3.8) is 0 Å². The van der Waals surface area contributed by atoms with Crippen molar-refractivity contribution in [1.82, 2.24) is 0 Å². The summed E-state index contributed by atoms with van der Waals surface area (Å²) in [4.78, 5) is 0. The average molecular weight is 186 g/mol. The third-order valence-electron chi connectivity index (χ3n) is 3.76. The van der Waals surface area contributed by atoms with E-state index in [1.165, 1.54) is 0 Å². The van der Waals surface area contributed by atoms with Gasteiger partial charge in [-0.1, -0.05) is 6.92 Å². The number of hydrogen-bond donors (Lipinski definition) is 2. The third-order valence-corrected chi connectivity index (χ3v) is 3.76. The van der Waals surface area contributed by atoms with Gasteiger partial charge in [-0.05, 0) is 24.7 Å². The molecular weight excluding hydrogens is 168 g/mol. The van der Waals surface area contributed by atoms with E-state index >= 15 is 0 Å². The molecule has 0 spiro atoms. The van der Waals surface area contributed by atoms with Gasteiger partial charge in [0.25, 0.3) is 0 Å². The fourth-order valence-electron chi connectivity index (χ4n) is 2.95. The monoisotopic (exact) mass is 186 g/mol. The molecule has 76 valence electrons. The molecule has 5 atom stereocenters. The van der Waals surface area contributed by atoms with E-state index in [1.54, 1.807) is 0 Å². The highest BCUT2D eigenvalue weighted by Gasteiger charge is 2.45. The Hall–Kier alpha value is -0.120. The highest BCUT2D eigenvalue weighted by molar-refractivity contribution is 4.90. The summed E-state index contributed by atoms with van der Waals surface area (Å²) in [6.45, 7) is 2.88. The summed E-state index contributed by atoms with van der Waals surface area (Å²) in [5.41, 5.74) is 0. The lowest BCUT2D eigenvalue weighted by Gasteiger charge is -2.37. The maximum atomic E-state index is 9.66. The van der Waals surface area contributed by atoms with Crippen LogP contribution in [0.2, 0.25) is 0 Å². The number of aliphatic hydroxyl groups is 2. The van der Waals surface area contributed by atoms with Gasteiger partial charge in [0.15, 0.2) is 6.29 Å². The van der Waals surface area contributed by atoms with E-state index in [-0.39, 0.29) is 18.4 Å². The van der Waals surface area contributed by atoms with Crippen molar-refractivity contribution in [3.05, 3.63) is 0 Å². The van der Waals surface area contributed by atoms with E-state index in [0.29, 0.717) is 18.4 Å². The Morgan fingerprint density at radius 1 is 1.38 bits per heavy atom. The van der Waals surface area contributed by atoms with E-state index in [1.807, 2.05) is 0 Å². The average Bonchev–Trinajstić information content (AvgIpc) is 2.50. The molecule has 5 unspecified atom stereocenters. The third kappa shape index (κ3) is 1.49. The summed E-state index contributed by atoms with van der Waals surface area (Å²) in [6, 6.07) is 0. The van der Waals surface area contributed by atoms with Crippen molar-refractivity contribution in [3.8, 4) is 0 Å². The van der Waals surface area contributed by atoms with E-state index < -0.39 is 6.29 Å². The molecule has 2 N–H and O–H groups in total. The first-order chi connectivity index (χ1) is 6.24. The van der Waals surface area contributed by atoms with Gasteiger partial charge in [-0.3, -0.25) is 0 Å². The van der Waals surface area contributed by atoms with Crippen LogP contribution in [0, 0.1) is 23.7 Å². The lowest BCUT2D eigenvalue weighted by atomic mass is 9.79. The molecule has 1 aliphatic carbocycles. The van der Waals surface area contributed by atoms with Crippen molar-refractivity contribution in [1.29, 1.82) is 0 Å². The van der Waals surface area contributed by atoms with Crippen LogP contribution >= 0.6 is 0 Å². The lowest BCUT2D eigenvalue weighted by molar-refractivity contribution is -0.202. The smallest absolute Gasteiger partial charge is 0.157 e. The Kier molecular flexibility index (Phi) is 2.58. The van der Waals surface area contributed by atoms with Gasteiger partial charge in [0, 0.05) is 18.4 Å². The molecule has 3 nitrogen and oxygen atoms in total. The summed E-state index contributed by atoms with van der Waals surface area (Å²) < 4.78 is 5.26. The molecule has 1 heterocycles. The fraction of sp³-hybridized carbons (Fsp3) is 1.00. The second-order valence-corrected chi connectivity index (χ2v) is 4.46. The van der Waals surface area contributed by atoms with Gasteiger partial charge >= 0.3 is 0 Å². The molecule has 0 radical (unpaired) electrons. The number of fused-ring (bicyclic) bond motifs is 1. The normalized spacial score (nSPS) is 50.5. The fourth-order valence-corrected chi connectivity index (χ4v) is 2.95. The quantitative estimate of drug-likeness (QED) is 0.630. The number of hydrogen-bond acceptors (Lipinski definition) is 3. The summed E-state index contributed by atoms with van der Waals surface area (Å²) in [7, 11) is 0. The molecule has 2 aliphatic rings. The molecular formula is C10H18O3. The van der Waals surface area contributed by atoms with Gasteiger partial charge < -0.3 is 14.9 Å². The van der Waals surface area contributed by atoms with Gasteiger partial charge in [0.2, 0.25) is 0 Å². The molecule has 3 heteroatoms. The number of ether oxygens (including phenoxy) is 1. The Balaban J connectivity index is 2.11. The summed E-state index contributed by atoms with van der Waals surface area (Å²) in [5.74, 6) is 1.52. The van der Waals surface area contributed by atoms with E-state index in [2.05, 4.69) is 6.92 Å². The van der Waals surface area contributed by atoms with Gasteiger partial charge in [0.05, 0.1) is 6.61 Å². The molecule has 0 aromatic carbocycles. The van der Waals surface area contributed by atoms with Crippen LogP contribution in [-0.4, -0.2) is 29.7 Å². The topological polar surface area (TPSA) is 49.7 Å². The molecule has 2 fully saturated rings. The zero-order chi connectivity index (χ0) is 9.42. The second-order valence-electron chi connectivity index (χ2n) is 4.46. The van der Waals surface area contributed by atoms with Gasteiger partial charge in [-0.25, -0.2) is 0 Å².